The molecule has 0 aliphatic heterocycles. The van der Waals surface area contributed by atoms with Gasteiger partial charge in [0.1, 0.15) is 11.6 Å². The fraction of sp³-hybridized carbons (Fsp3) is 0.238. The van der Waals surface area contributed by atoms with Crippen LogP contribution in [0.3, 0.4) is 0 Å². The van der Waals surface area contributed by atoms with Gasteiger partial charge in [-0.15, -0.1) is 0 Å². The first-order chi connectivity index (χ1) is 13.6. The average molecular weight is 399 g/mol. The van der Waals surface area contributed by atoms with Gasteiger partial charge in [0, 0.05) is 22.7 Å². The van der Waals surface area contributed by atoms with Crippen LogP contribution in [0.15, 0.2) is 60.8 Å². The van der Waals surface area contributed by atoms with Crippen LogP contribution in [0, 0.1) is 0 Å². The molecule has 146 valence electrons. The topological polar surface area (TPSA) is 68.2 Å². The first-order valence-electron chi connectivity index (χ1n) is 8.99. The van der Waals surface area contributed by atoms with Crippen LogP contribution in [0.25, 0.3) is 0 Å². The van der Waals surface area contributed by atoms with E-state index >= 15 is 0 Å². The van der Waals surface area contributed by atoms with E-state index in [1.807, 2.05) is 55.5 Å². The fourth-order valence-electron chi connectivity index (χ4n) is 2.94. The van der Waals surface area contributed by atoms with Crippen molar-refractivity contribution >= 4 is 23.3 Å². The summed E-state index contributed by atoms with van der Waals surface area (Å²) in [6.07, 6.45) is 1.66. The number of hydrogen-bond acceptors (Lipinski definition) is 4. The summed E-state index contributed by atoms with van der Waals surface area (Å²) in [6, 6.07) is 17.1. The van der Waals surface area contributed by atoms with Crippen LogP contribution in [-0.2, 0) is 11.3 Å². The van der Waals surface area contributed by atoms with Gasteiger partial charge in [0.25, 0.3) is 0 Å². The van der Waals surface area contributed by atoms with Gasteiger partial charge in [-0.2, -0.15) is 5.10 Å². The van der Waals surface area contributed by atoms with E-state index in [0.29, 0.717) is 17.4 Å². The molecule has 0 saturated carbocycles. The summed E-state index contributed by atoms with van der Waals surface area (Å²) in [6.45, 7) is 2.68. The SMILES string of the molecule is COc1ccccc1[C@H](C)NCC(=O)Nc1ccnn1Cc1cccc(Cl)c1. The van der Waals surface area contributed by atoms with Gasteiger partial charge in [-0.25, -0.2) is 4.68 Å². The Morgan fingerprint density at radius 2 is 2.04 bits per heavy atom. The smallest absolute Gasteiger partial charge is 0.239 e. The number of carbonyl (C=O) groups excluding carboxylic acids is 1. The predicted octanol–water partition coefficient (Wildman–Crippen LogP) is 3.88. The summed E-state index contributed by atoms with van der Waals surface area (Å²) in [5.41, 5.74) is 2.01. The van der Waals surface area contributed by atoms with Crippen molar-refractivity contribution in [1.82, 2.24) is 15.1 Å². The largest absolute Gasteiger partial charge is 0.496 e. The summed E-state index contributed by atoms with van der Waals surface area (Å²) in [5, 5.41) is 11.1. The molecule has 7 heteroatoms. The highest BCUT2D eigenvalue weighted by Crippen LogP contribution is 2.24. The van der Waals surface area contributed by atoms with Crippen molar-refractivity contribution in [2.24, 2.45) is 0 Å². The van der Waals surface area contributed by atoms with Gasteiger partial charge in [-0.3, -0.25) is 4.79 Å². The average Bonchev–Trinajstić information content (AvgIpc) is 3.12. The van der Waals surface area contributed by atoms with Crippen molar-refractivity contribution in [3.05, 3.63) is 76.9 Å². The fourth-order valence-corrected chi connectivity index (χ4v) is 3.15. The number of amides is 1. The molecule has 0 radical (unpaired) electrons. The van der Waals surface area contributed by atoms with Crippen LogP contribution in [0.4, 0.5) is 5.82 Å². The lowest BCUT2D eigenvalue weighted by Crippen LogP contribution is -2.31. The molecule has 2 aromatic carbocycles. The minimum absolute atomic E-state index is 0.0294. The van der Waals surface area contributed by atoms with Gasteiger partial charge in [-0.1, -0.05) is 41.9 Å². The van der Waals surface area contributed by atoms with E-state index in [4.69, 9.17) is 16.3 Å². The molecule has 28 heavy (non-hydrogen) atoms. The van der Waals surface area contributed by atoms with Crippen molar-refractivity contribution in [2.45, 2.75) is 19.5 Å². The van der Waals surface area contributed by atoms with E-state index in [9.17, 15) is 4.79 Å². The normalized spacial score (nSPS) is 11.8. The number of para-hydroxylation sites is 1. The molecular formula is C21H23ClN4O2. The third-order valence-electron chi connectivity index (χ3n) is 4.38. The van der Waals surface area contributed by atoms with Gasteiger partial charge in [-0.05, 0) is 30.7 Å². The molecule has 2 N–H and O–H groups in total. The number of halogens is 1. The Labute approximate surface area is 169 Å². The number of carbonyl (C=O) groups is 1. The molecule has 0 spiro atoms. The van der Waals surface area contributed by atoms with Crippen molar-refractivity contribution in [2.75, 3.05) is 19.0 Å². The second-order valence-corrected chi connectivity index (χ2v) is 6.83. The van der Waals surface area contributed by atoms with Crippen molar-refractivity contribution in [3.63, 3.8) is 0 Å². The van der Waals surface area contributed by atoms with Crippen LogP contribution < -0.4 is 15.4 Å². The number of nitrogens with one attached hydrogen (secondary N) is 2. The maximum atomic E-state index is 12.4. The van der Waals surface area contributed by atoms with Crippen LogP contribution in [0.5, 0.6) is 5.75 Å². The van der Waals surface area contributed by atoms with Crippen LogP contribution in [-0.4, -0.2) is 29.3 Å². The van der Waals surface area contributed by atoms with Gasteiger partial charge in [0.05, 0.1) is 26.4 Å². The number of anilines is 1. The molecule has 3 rings (SSSR count). The first kappa shape index (κ1) is 19.9. The van der Waals surface area contributed by atoms with Crippen LogP contribution in [0.2, 0.25) is 5.02 Å². The molecule has 0 unspecified atom stereocenters. The van der Waals surface area contributed by atoms with E-state index in [1.54, 1.807) is 24.1 Å². The van der Waals surface area contributed by atoms with Crippen LogP contribution in [0.1, 0.15) is 24.1 Å². The summed E-state index contributed by atoms with van der Waals surface area (Å²) < 4.78 is 7.11. The van der Waals surface area contributed by atoms with E-state index in [-0.39, 0.29) is 18.5 Å². The summed E-state index contributed by atoms with van der Waals surface area (Å²) in [7, 11) is 1.64. The third kappa shape index (κ3) is 5.12. The molecule has 1 atom stereocenters. The number of aromatic nitrogens is 2. The highest BCUT2D eigenvalue weighted by atomic mass is 35.5. The van der Waals surface area contributed by atoms with Crippen molar-refractivity contribution in [3.8, 4) is 5.75 Å². The molecule has 1 heterocycles. The molecule has 0 aliphatic carbocycles. The molecule has 6 nitrogen and oxygen atoms in total. The Balaban J connectivity index is 1.58. The standard InChI is InChI=1S/C21H23ClN4O2/c1-15(18-8-3-4-9-19(18)28-2)23-13-21(27)25-20-10-11-24-26(20)14-16-6-5-7-17(22)12-16/h3-12,15,23H,13-14H2,1-2H3,(H,25,27)/t15-/m0/s1. The second-order valence-electron chi connectivity index (χ2n) is 6.40. The highest BCUT2D eigenvalue weighted by molar-refractivity contribution is 6.30. The van der Waals surface area contributed by atoms with Crippen LogP contribution >= 0.6 is 11.6 Å². The highest BCUT2D eigenvalue weighted by Gasteiger charge is 2.13. The zero-order valence-corrected chi connectivity index (χ0v) is 16.6. The molecule has 0 fully saturated rings. The van der Waals surface area contributed by atoms with Gasteiger partial charge >= 0.3 is 0 Å². The van der Waals surface area contributed by atoms with Gasteiger partial charge < -0.3 is 15.4 Å². The number of methoxy groups -OCH3 is 1. The van der Waals surface area contributed by atoms with Gasteiger partial charge in [0.2, 0.25) is 5.91 Å². The minimum Gasteiger partial charge on any atom is -0.496 e. The Morgan fingerprint density at radius 3 is 2.82 bits per heavy atom. The lowest BCUT2D eigenvalue weighted by Gasteiger charge is -2.17. The third-order valence-corrected chi connectivity index (χ3v) is 4.61. The quantitative estimate of drug-likeness (QED) is 0.604. The van der Waals surface area contributed by atoms with E-state index < -0.39 is 0 Å². The van der Waals surface area contributed by atoms with E-state index in [1.165, 1.54) is 0 Å². The lowest BCUT2D eigenvalue weighted by molar-refractivity contribution is -0.115. The minimum atomic E-state index is -0.144. The maximum Gasteiger partial charge on any atom is 0.239 e. The molecule has 0 aliphatic rings. The Hall–Kier alpha value is -2.83. The number of rotatable bonds is 8. The Bertz CT molecular complexity index is 941. The Kier molecular flexibility index (Phi) is 6.68. The molecule has 3 aromatic rings. The summed E-state index contributed by atoms with van der Waals surface area (Å²) in [4.78, 5) is 12.4. The molecular weight excluding hydrogens is 376 g/mol. The van der Waals surface area contributed by atoms with Crippen molar-refractivity contribution in [1.29, 1.82) is 0 Å². The summed E-state index contributed by atoms with van der Waals surface area (Å²) in [5.74, 6) is 1.29. The molecule has 1 amide bonds. The maximum absolute atomic E-state index is 12.4. The zero-order valence-electron chi connectivity index (χ0n) is 15.9. The van der Waals surface area contributed by atoms with E-state index in [0.717, 1.165) is 16.9 Å². The zero-order chi connectivity index (χ0) is 19.9. The first-order valence-corrected chi connectivity index (χ1v) is 9.37. The number of ether oxygens (including phenoxy) is 1. The molecule has 0 bridgehead atoms. The second kappa shape index (κ2) is 9.39. The molecule has 1 aromatic heterocycles. The van der Waals surface area contributed by atoms with Gasteiger partial charge in [0.15, 0.2) is 0 Å². The predicted molar refractivity (Wildman–Crippen MR) is 111 cm³/mol. The molecule has 0 saturated heterocycles. The number of hydrogen-bond donors (Lipinski definition) is 2. The van der Waals surface area contributed by atoms with E-state index in [2.05, 4.69) is 15.7 Å². The lowest BCUT2D eigenvalue weighted by atomic mass is 10.1. The number of benzene rings is 2. The monoisotopic (exact) mass is 398 g/mol. The number of nitrogens with zero attached hydrogens (tertiary/aromatic N) is 2. The van der Waals surface area contributed by atoms with Crippen molar-refractivity contribution < 1.29 is 9.53 Å². The summed E-state index contributed by atoms with van der Waals surface area (Å²) >= 11 is 6.04. The Morgan fingerprint density at radius 1 is 1.21 bits per heavy atom.